The Balaban J connectivity index is 2.54. The molecule has 0 unspecified atom stereocenters. The molecule has 0 aliphatic heterocycles. The number of rotatable bonds is 2. The molecule has 2 atom stereocenters. The van der Waals surface area contributed by atoms with Crippen LogP contribution in [0, 0.1) is 0 Å². The third-order valence-electron chi connectivity index (χ3n) is 2.32. The molecule has 1 aliphatic rings. The fourth-order valence-electron chi connectivity index (χ4n) is 1.57. The van der Waals surface area contributed by atoms with Crippen molar-refractivity contribution in [1.29, 1.82) is 0 Å². The number of alkyl halides is 3. The molecule has 0 aromatic heterocycles. The van der Waals surface area contributed by atoms with Crippen molar-refractivity contribution in [3.63, 3.8) is 0 Å². The van der Waals surface area contributed by atoms with Gasteiger partial charge >= 0.3 is 18.1 Å². The molecule has 0 saturated heterocycles. The molecule has 0 bridgehead atoms. The van der Waals surface area contributed by atoms with Crippen LogP contribution in [0.2, 0.25) is 0 Å². The minimum Gasteiger partial charge on any atom is -0.458 e. The maximum Gasteiger partial charge on any atom is 0.490 e. The molecule has 0 N–H and O–H groups in total. The van der Waals surface area contributed by atoms with Crippen molar-refractivity contribution in [2.75, 3.05) is 0 Å². The van der Waals surface area contributed by atoms with Crippen LogP contribution in [0.1, 0.15) is 26.2 Å². The van der Waals surface area contributed by atoms with Gasteiger partial charge in [-0.1, -0.05) is 0 Å². The molecular formula is C11H13F3O4. The normalized spacial score (nSPS) is 24.2. The number of esters is 2. The summed E-state index contributed by atoms with van der Waals surface area (Å²) in [5.41, 5.74) is 0. The fraction of sp³-hybridized carbons (Fsp3) is 0.636. The SMILES string of the molecule is CC(=O)O[C@H]1C=C[C@@H](OC(=O)C(F)(F)F)CCC1. The molecule has 4 nitrogen and oxygen atoms in total. The third-order valence-corrected chi connectivity index (χ3v) is 2.32. The molecule has 0 spiro atoms. The van der Waals surface area contributed by atoms with Crippen molar-refractivity contribution >= 4 is 11.9 Å². The first kappa shape index (κ1) is 14.5. The number of hydrogen-bond acceptors (Lipinski definition) is 4. The molecule has 102 valence electrons. The Morgan fingerprint density at radius 2 is 1.61 bits per heavy atom. The predicted molar refractivity (Wildman–Crippen MR) is 54.5 cm³/mol. The Kier molecular flexibility index (Phi) is 4.75. The Hall–Kier alpha value is -1.53. The van der Waals surface area contributed by atoms with E-state index in [0.717, 1.165) is 0 Å². The van der Waals surface area contributed by atoms with Gasteiger partial charge in [-0.3, -0.25) is 4.79 Å². The maximum absolute atomic E-state index is 12.0. The molecule has 1 rings (SSSR count). The zero-order chi connectivity index (χ0) is 13.8. The van der Waals surface area contributed by atoms with Gasteiger partial charge in [-0.2, -0.15) is 13.2 Å². The number of carbonyl (C=O) groups excluding carboxylic acids is 2. The Morgan fingerprint density at radius 1 is 1.11 bits per heavy atom. The zero-order valence-corrected chi connectivity index (χ0v) is 9.70. The highest BCUT2D eigenvalue weighted by molar-refractivity contribution is 5.75. The molecule has 7 heteroatoms. The minimum absolute atomic E-state index is 0.274. The van der Waals surface area contributed by atoms with Crippen LogP contribution in [0.3, 0.4) is 0 Å². The van der Waals surface area contributed by atoms with E-state index in [1.165, 1.54) is 19.1 Å². The summed E-state index contributed by atoms with van der Waals surface area (Å²) >= 11 is 0. The standard InChI is InChI=1S/C11H13F3O4/c1-7(15)17-8-3-2-4-9(6-5-8)18-10(16)11(12,13)14/h5-6,8-9H,2-4H2,1H3/t8-,9+/m1/s1. The van der Waals surface area contributed by atoms with Gasteiger partial charge in [0, 0.05) is 6.92 Å². The van der Waals surface area contributed by atoms with Crippen LogP contribution in [-0.2, 0) is 19.1 Å². The zero-order valence-electron chi connectivity index (χ0n) is 9.70. The van der Waals surface area contributed by atoms with E-state index in [4.69, 9.17) is 4.74 Å². The molecule has 1 aliphatic carbocycles. The average Bonchev–Trinajstić information content (AvgIpc) is 2.42. The van der Waals surface area contributed by atoms with Gasteiger partial charge in [-0.15, -0.1) is 0 Å². The van der Waals surface area contributed by atoms with Gasteiger partial charge in [0.05, 0.1) is 0 Å². The summed E-state index contributed by atoms with van der Waals surface area (Å²) in [6.45, 7) is 1.25. The highest BCUT2D eigenvalue weighted by Crippen LogP contribution is 2.22. The Bertz CT molecular complexity index is 349. The van der Waals surface area contributed by atoms with Crippen LogP contribution in [0.25, 0.3) is 0 Å². The van der Waals surface area contributed by atoms with E-state index in [2.05, 4.69) is 4.74 Å². The summed E-state index contributed by atoms with van der Waals surface area (Å²) in [4.78, 5) is 21.4. The monoisotopic (exact) mass is 266 g/mol. The predicted octanol–water partition coefficient (Wildman–Crippen LogP) is 2.13. The first-order valence-corrected chi connectivity index (χ1v) is 5.42. The molecule has 0 amide bonds. The highest BCUT2D eigenvalue weighted by Gasteiger charge is 2.42. The van der Waals surface area contributed by atoms with Crippen molar-refractivity contribution in [2.24, 2.45) is 0 Å². The van der Waals surface area contributed by atoms with E-state index in [0.29, 0.717) is 12.8 Å². The summed E-state index contributed by atoms with van der Waals surface area (Å²) in [7, 11) is 0. The average molecular weight is 266 g/mol. The molecule has 18 heavy (non-hydrogen) atoms. The third kappa shape index (κ3) is 4.77. The van der Waals surface area contributed by atoms with Crippen LogP contribution >= 0.6 is 0 Å². The van der Waals surface area contributed by atoms with Crippen molar-refractivity contribution < 1.29 is 32.2 Å². The van der Waals surface area contributed by atoms with Crippen molar-refractivity contribution in [2.45, 2.75) is 44.6 Å². The number of carbonyl (C=O) groups is 2. The van der Waals surface area contributed by atoms with Gasteiger partial charge in [0.15, 0.2) is 0 Å². The molecule has 0 saturated carbocycles. The largest absolute Gasteiger partial charge is 0.490 e. The van der Waals surface area contributed by atoms with E-state index >= 15 is 0 Å². The topological polar surface area (TPSA) is 52.6 Å². The van der Waals surface area contributed by atoms with Crippen LogP contribution < -0.4 is 0 Å². The second kappa shape index (κ2) is 5.88. The lowest BCUT2D eigenvalue weighted by molar-refractivity contribution is -0.203. The van der Waals surface area contributed by atoms with Crippen molar-refractivity contribution in [3.05, 3.63) is 12.2 Å². The number of hydrogen-bond donors (Lipinski definition) is 0. The van der Waals surface area contributed by atoms with Crippen LogP contribution in [0.4, 0.5) is 13.2 Å². The highest BCUT2D eigenvalue weighted by atomic mass is 19.4. The summed E-state index contributed by atoms with van der Waals surface area (Å²) in [5, 5.41) is 0. The smallest absolute Gasteiger partial charge is 0.458 e. The second-order valence-electron chi connectivity index (χ2n) is 3.91. The molecule has 0 radical (unpaired) electrons. The van der Waals surface area contributed by atoms with Crippen LogP contribution in [-0.4, -0.2) is 30.3 Å². The van der Waals surface area contributed by atoms with E-state index in [9.17, 15) is 22.8 Å². The maximum atomic E-state index is 12.0. The van der Waals surface area contributed by atoms with Gasteiger partial charge in [0.25, 0.3) is 0 Å². The van der Waals surface area contributed by atoms with E-state index in [1.54, 1.807) is 0 Å². The van der Waals surface area contributed by atoms with E-state index in [1.807, 2.05) is 0 Å². The van der Waals surface area contributed by atoms with Crippen molar-refractivity contribution in [3.8, 4) is 0 Å². The number of halogens is 3. The molecule has 0 fully saturated rings. The Labute approximate surface area is 102 Å². The summed E-state index contributed by atoms with van der Waals surface area (Å²) in [6.07, 6.45) is -2.35. The summed E-state index contributed by atoms with van der Waals surface area (Å²) < 4.78 is 45.2. The summed E-state index contributed by atoms with van der Waals surface area (Å²) in [6, 6.07) is 0. The quantitative estimate of drug-likeness (QED) is 0.567. The lowest BCUT2D eigenvalue weighted by Crippen LogP contribution is -2.29. The van der Waals surface area contributed by atoms with E-state index in [-0.39, 0.29) is 6.42 Å². The molecule has 0 aromatic carbocycles. The Morgan fingerprint density at radius 3 is 2.06 bits per heavy atom. The summed E-state index contributed by atoms with van der Waals surface area (Å²) in [5.74, 6) is -2.67. The first-order valence-electron chi connectivity index (χ1n) is 5.42. The molecule has 0 aromatic rings. The lowest BCUT2D eigenvalue weighted by Gasteiger charge is -2.13. The van der Waals surface area contributed by atoms with Crippen molar-refractivity contribution in [1.82, 2.24) is 0 Å². The van der Waals surface area contributed by atoms with Gasteiger partial charge < -0.3 is 9.47 Å². The minimum atomic E-state index is -4.99. The van der Waals surface area contributed by atoms with Gasteiger partial charge in [-0.25, -0.2) is 4.79 Å². The lowest BCUT2D eigenvalue weighted by atomic mass is 10.2. The molecule has 0 heterocycles. The number of ether oxygens (including phenoxy) is 2. The second-order valence-corrected chi connectivity index (χ2v) is 3.91. The van der Waals surface area contributed by atoms with Gasteiger partial charge in [0.2, 0.25) is 0 Å². The van der Waals surface area contributed by atoms with E-state index < -0.39 is 30.3 Å². The van der Waals surface area contributed by atoms with Crippen LogP contribution in [0.5, 0.6) is 0 Å². The fourth-order valence-corrected chi connectivity index (χ4v) is 1.57. The van der Waals surface area contributed by atoms with Gasteiger partial charge in [0.1, 0.15) is 12.2 Å². The van der Waals surface area contributed by atoms with Gasteiger partial charge in [-0.05, 0) is 31.4 Å². The first-order chi connectivity index (χ1) is 8.29. The molecular weight excluding hydrogens is 253 g/mol. The van der Waals surface area contributed by atoms with Crippen LogP contribution in [0.15, 0.2) is 12.2 Å².